The van der Waals surface area contributed by atoms with Crippen molar-refractivity contribution in [2.45, 2.75) is 12.8 Å². The summed E-state index contributed by atoms with van der Waals surface area (Å²) in [5, 5.41) is 10.5. The average Bonchev–Trinajstić information content (AvgIpc) is 3.47. The van der Waals surface area contributed by atoms with Crippen LogP contribution in [0.5, 0.6) is 5.88 Å². The summed E-state index contributed by atoms with van der Waals surface area (Å²) in [5.74, 6) is 0.336. The van der Waals surface area contributed by atoms with Crippen LogP contribution in [0.1, 0.15) is 23.2 Å². The molecule has 156 valence electrons. The molecule has 1 aromatic carbocycles. The van der Waals surface area contributed by atoms with Crippen molar-refractivity contribution in [1.29, 1.82) is 0 Å². The fraction of sp³-hybridized carbons (Fsp3) is 0.364. The molecule has 3 aromatic rings. The maximum absolute atomic E-state index is 11.5. The Kier molecular flexibility index (Phi) is 4.60. The van der Waals surface area contributed by atoms with Crippen molar-refractivity contribution in [3.63, 3.8) is 0 Å². The number of benzene rings is 1. The number of halogens is 1. The number of nitrogens with zero attached hydrogens (tertiary/aromatic N) is 2. The minimum atomic E-state index is -0.992. The first-order valence-electron chi connectivity index (χ1n) is 9.92. The lowest BCUT2D eigenvalue weighted by atomic mass is 9.87. The first-order chi connectivity index (χ1) is 14.5. The molecular weight excluding hydrogens is 406 g/mol. The second-order valence-corrected chi connectivity index (χ2v) is 8.49. The molecule has 2 aliphatic heterocycles. The van der Waals surface area contributed by atoms with Crippen LogP contribution >= 0.6 is 11.6 Å². The van der Waals surface area contributed by atoms with Gasteiger partial charge in [-0.05, 0) is 37.1 Å². The number of fused-ring (bicyclic) bond motifs is 1. The highest BCUT2D eigenvalue weighted by molar-refractivity contribution is 6.34. The number of carbonyl (C=O) groups is 1. The Labute approximate surface area is 178 Å². The number of rotatable bonds is 4. The first kappa shape index (κ1) is 19.2. The molecule has 1 spiro atoms. The largest absolute Gasteiger partial charge is 0.480 e. The zero-order valence-corrected chi connectivity index (χ0v) is 17.3. The summed E-state index contributed by atoms with van der Waals surface area (Å²) in [7, 11) is 1.58. The van der Waals surface area contributed by atoms with E-state index in [4.69, 9.17) is 26.1 Å². The second-order valence-electron chi connectivity index (χ2n) is 8.09. The molecule has 2 fully saturated rings. The molecule has 0 unspecified atom stereocenters. The van der Waals surface area contributed by atoms with Crippen LogP contribution in [0.25, 0.3) is 22.0 Å². The Bertz CT molecular complexity index is 1140. The van der Waals surface area contributed by atoms with Gasteiger partial charge in [0.05, 0.1) is 24.3 Å². The van der Waals surface area contributed by atoms with Gasteiger partial charge in [-0.1, -0.05) is 11.6 Å². The van der Waals surface area contributed by atoms with E-state index in [-0.39, 0.29) is 11.0 Å². The van der Waals surface area contributed by atoms with Crippen molar-refractivity contribution >= 4 is 34.3 Å². The third kappa shape index (κ3) is 3.09. The van der Waals surface area contributed by atoms with Crippen LogP contribution in [0.4, 0.5) is 5.82 Å². The smallest absolute Gasteiger partial charge is 0.337 e. The highest BCUT2D eigenvalue weighted by atomic mass is 35.5. The monoisotopic (exact) mass is 427 g/mol. The zero-order valence-electron chi connectivity index (χ0n) is 16.6. The number of H-pyrrole nitrogens is 1. The molecule has 0 aliphatic carbocycles. The summed E-state index contributed by atoms with van der Waals surface area (Å²) < 4.78 is 11.2. The molecule has 2 N–H and O–H groups in total. The molecule has 0 saturated carbocycles. The Morgan fingerprint density at radius 1 is 1.33 bits per heavy atom. The van der Waals surface area contributed by atoms with Gasteiger partial charge in [-0.15, -0.1) is 0 Å². The van der Waals surface area contributed by atoms with Crippen LogP contribution in [0.15, 0.2) is 30.5 Å². The number of hydrogen-bond donors (Lipinski definition) is 2. The van der Waals surface area contributed by atoms with Crippen LogP contribution in [-0.4, -0.2) is 54.5 Å². The van der Waals surface area contributed by atoms with Gasteiger partial charge in [0.25, 0.3) is 0 Å². The van der Waals surface area contributed by atoms with E-state index < -0.39 is 5.97 Å². The van der Waals surface area contributed by atoms with E-state index in [1.54, 1.807) is 19.2 Å². The quantitative estimate of drug-likeness (QED) is 0.648. The molecule has 4 heterocycles. The van der Waals surface area contributed by atoms with Crippen molar-refractivity contribution in [2.75, 3.05) is 38.3 Å². The van der Waals surface area contributed by atoms with Gasteiger partial charge >= 0.3 is 5.97 Å². The predicted octanol–water partition coefficient (Wildman–Crippen LogP) is 4.21. The third-order valence-electron chi connectivity index (χ3n) is 6.28. The highest BCUT2D eigenvalue weighted by Gasteiger charge is 2.41. The summed E-state index contributed by atoms with van der Waals surface area (Å²) in [6.07, 6.45) is 3.67. The molecule has 2 saturated heterocycles. The molecule has 2 aliphatic rings. The molecular formula is C22H22ClN3O4. The summed E-state index contributed by atoms with van der Waals surface area (Å²) in [5.41, 5.74) is 2.52. The number of anilines is 1. The lowest BCUT2D eigenvalue weighted by Crippen LogP contribution is -2.27. The van der Waals surface area contributed by atoms with Crippen LogP contribution in [0, 0.1) is 5.41 Å². The number of methoxy groups -OCH3 is 1. The van der Waals surface area contributed by atoms with Crippen molar-refractivity contribution in [2.24, 2.45) is 5.41 Å². The van der Waals surface area contributed by atoms with E-state index in [9.17, 15) is 9.90 Å². The summed E-state index contributed by atoms with van der Waals surface area (Å²) in [6, 6.07) is 7.42. The van der Waals surface area contributed by atoms with E-state index in [2.05, 4.69) is 9.88 Å². The number of ether oxygens (including phenoxy) is 2. The van der Waals surface area contributed by atoms with E-state index in [0.29, 0.717) is 27.4 Å². The van der Waals surface area contributed by atoms with Gasteiger partial charge in [-0.2, -0.15) is 4.98 Å². The van der Waals surface area contributed by atoms with Gasteiger partial charge in [0.1, 0.15) is 5.82 Å². The van der Waals surface area contributed by atoms with Crippen LogP contribution < -0.4 is 9.64 Å². The van der Waals surface area contributed by atoms with Crippen molar-refractivity contribution in [3.05, 3.63) is 41.0 Å². The summed E-state index contributed by atoms with van der Waals surface area (Å²) in [4.78, 5) is 21.5. The van der Waals surface area contributed by atoms with Gasteiger partial charge in [-0.25, -0.2) is 4.79 Å². The fourth-order valence-electron chi connectivity index (χ4n) is 4.60. The number of aromatic nitrogens is 2. The lowest BCUT2D eigenvalue weighted by Gasteiger charge is -2.23. The van der Waals surface area contributed by atoms with Crippen molar-refractivity contribution < 1.29 is 19.4 Å². The lowest BCUT2D eigenvalue weighted by molar-refractivity contribution is 0.0699. The number of pyridine rings is 1. The SMILES string of the molecule is COc1nc(N2CC[C@@]3(CCOC3)C2)ccc1-c1cc2c(C(=O)O)c[nH]c2cc1Cl. The predicted molar refractivity (Wildman–Crippen MR) is 115 cm³/mol. The molecule has 0 radical (unpaired) electrons. The van der Waals surface area contributed by atoms with Gasteiger partial charge in [0.2, 0.25) is 5.88 Å². The first-order valence-corrected chi connectivity index (χ1v) is 10.3. The topological polar surface area (TPSA) is 87.7 Å². The highest BCUT2D eigenvalue weighted by Crippen LogP contribution is 2.42. The maximum Gasteiger partial charge on any atom is 0.337 e. The molecule has 8 heteroatoms. The van der Waals surface area contributed by atoms with Gasteiger partial charge in [0.15, 0.2) is 0 Å². The van der Waals surface area contributed by atoms with Gasteiger partial charge < -0.3 is 24.5 Å². The summed E-state index contributed by atoms with van der Waals surface area (Å²) >= 11 is 6.53. The maximum atomic E-state index is 11.5. The Balaban J connectivity index is 1.53. The molecule has 5 rings (SSSR count). The number of carboxylic acid groups (broad SMARTS) is 1. The van der Waals surface area contributed by atoms with E-state index >= 15 is 0 Å². The molecule has 0 bridgehead atoms. The fourth-order valence-corrected chi connectivity index (χ4v) is 4.86. The van der Waals surface area contributed by atoms with Gasteiger partial charge in [-0.3, -0.25) is 0 Å². The van der Waals surface area contributed by atoms with Gasteiger partial charge in [0, 0.05) is 53.3 Å². The van der Waals surface area contributed by atoms with E-state index in [1.807, 2.05) is 12.1 Å². The van der Waals surface area contributed by atoms with E-state index in [0.717, 1.165) is 50.5 Å². The van der Waals surface area contributed by atoms with Crippen LogP contribution in [-0.2, 0) is 4.74 Å². The number of aromatic amines is 1. The number of nitrogens with one attached hydrogen (secondary N) is 1. The van der Waals surface area contributed by atoms with Crippen molar-refractivity contribution in [3.8, 4) is 17.0 Å². The Hall–Kier alpha value is -2.77. The normalized spacial score (nSPS) is 21.1. The second kappa shape index (κ2) is 7.18. The Morgan fingerprint density at radius 2 is 2.20 bits per heavy atom. The number of aromatic carboxylic acids is 1. The number of carboxylic acids is 1. The Morgan fingerprint density at radius 3 is 2.93 bits per heavy atom. The molecule has 7 nitrogen and oxygen atoms in total. The number of hydrogen-bond acceptors (Lipinski definition) is 5. The van der Waals surface area contributed by atoms with Crippen molar-refractivity contribution in [1.82, 2.24) is 9.97 Å². The zero-order chi connectivity index (χ0) is 20.9. The van der Waals surface area contributed by atoms with Crippen LogP contribution in [0.2, 0.25) is 5.02 Å². The average molecular weight is 428 g/mol. The standard InChI is InChI=1S/C22H22ClN3O4/c1-29-20-13(14-8-15-16(21(27)28)10-24-18(15)9-17(14)23)2-3-19(25-20)26-6-4-22(11-26)5-7-30-12-22/h2-3,8-10,24H,4-7,11-12H2,1H3,(H,27,28)/t22-/m1/s1. The third-order valence-corrected chi connectivity index (χ3v) is 6.59. The van der Waals surface area contributed by atoms with E-state index in [1.165, 1.54) is 6.20 Å². The minimum absolute atomic E-state index is 0.201. The molecule has 30 heavy (non-hydrogen) atoms. The molecule has 2 aromatic heterocycles. The molecule has 1 atom stereocenters. The summed E-state index contributed by atoms with van der Waals surface area (Å²) in [6.45, 7) is 3.52. The minimum Gasteiger partial charge on any atom is -0.480 e. The molecule has 0 amide bonds. The van der Waals surface area contributed by atoms with Crippen LogP contribution in [0.3, 0.4) is 0 Å².